The number of methoxy groups -OCH3 is 2. The van der Waals surface area contributed by atoms with Gasteiger partial charge in [-0.2, -0.15) is 0 Å². The van der Waals surface area contributed by atoms with Gasteiger partial charge in [-0.1, -0.05) is 18.2 Å². The zero-order valence-electron chi connectivity index (χ0n) is 11.6. The Hall–Kier alpha value is -1.10. The average molecular weight is 252 g/mol. The highest BCUT2D eigenvalue weighted by Gasteiger charge is 2.12. The number of ether oxygens (including phenoxy) is 2. The molecular formula is C14H24N2O2. The molecule has 2 N–H and O–H groups in total. The molecule has 0 radical (unpaired) electrons. The molecule has 0 heterocycles. The summed E-state index contributed by atoms with van der Waals surface area (Å²) in [5.41, 5.74) is 8.35. The van der Waals surface area contributed by atoms with Gasteiger partial charge in [0.1, 0.15) is 0 Å². The molecular weight excluding hydrogens is 228 g/mol. The summed E-state index contributed by atoms with van der Waals surface area (Å²) in [6.07, 6.45) is 0. The van der Waals surface area contributed by atoms with E-state index in [4.69, 9.17) is 15.2 Å². The smallest absolute Gasteiger partial charge is 0.0637 e. The first kappa shape index (κ1) is 15.0. The number of nitrogens with two attached hydrogens (primary N) is 1. The Labute approximate surface area is 110 Å². The van der Waals surface area contributed by atoms with E-state index in [0.29, 0.717) is 13.2 Å². The van der Waals surface area contributed by atoms with Gasteiger partial charge in [-0.05, 0) is 18.6 Å². The number of anilines is 1. The summed E-state index contributed by atoms with van der Waals surface area (Å²) in [5, 5.41) is 0. The summed E-state index contributed by atoms with van der Waals surface area (Å²) >= 11 is 0. The van der Waals surface area contributed by atoms with Gasteiger partial charge in [-0.15, -0.1) is 0 Å². The quantitative estimate of drug-likeness (QED) is 0.766. The van der Waals surface area contributed by atoms with Crippen LogP contribution in [0.15, 0.2) is 24.3 Å². The van der Waals surface area contributed by atoms with Crippen molar-refractivity contribution < 1.29 is 9.47 Å². The molecule has 0 aliphatic rings. The Morgan fingerprint density at radius 1 is 1.11 bits per heavy atom. The molecule has 102 valence electrons. The lowest BCUT2D eigenvalue weighted by atomic mass is 10.1. The number of benzene rings is 1. The predicted molar refractivity (Wildman–Crippen MR) is 75.0 cm³/mol. The Bertz CT molecular complexity index is 334. The van der Waals surface area contributed by atoms with Crippen LogP contribution < -0.4 is 10.6 Å². The summed E-state index contributed by atoms with van der Waals surface area (Å²) in [5.74, 6) is 0. The van der Waals surface area contributed by atoms with Gasteiger partial charge in [0.25, 0.3) is 0 Å². The number of rotatable bonds is 8. The fourth-order valence-electron chi connectivity index (χ4n) is 1.92. The van der Waals surface area contributed by atoms with Crippen molar-refractivity contribution in [1.82, 2.24) is 0 Å². The van der Waals surface area contributed by atoms with E-state index in [-0.39, 0.29) is 6.04 Å². The average Bonchev–Trinajstić information content (AvgIpc) is 2.39. The third kappa shape index (κ3) is 4.29. The van der Waals surface area contributed by atoms with Crippen LogP contribution in [0.5, 0.6) is 0 Å². The molecule has 4 nitrogen and oxygen atoms in total. The van der Waals surface area contributed by atoms with Crippen molar-refractivity contribution in [3.63, 3.8) is 0 Å². The van der Waals surface area contributed by atoms with Crippen LogP contribution >= 0.6 is 0 Å². The van der Waals surface area contributed by atoms with E-state index in [1.54, 1.807) is 14.2 Å². The van der Waals surface area contributed by atoms with Crippen LogP contribution in [0.25, 0.3) is 0 Å². The van der Waals surface area contributed by atoms with Gasteiger partial charge in [-0.25, -0.2) is 0 Å². The van der Waals surface area contributed by atoms with E-state index in [1.807, 2.05) is 19.1 Å². The maximum atomic E-state index is 6.02. The summed E-state index contributed by atoms with van der Waals surface area (Å²) in [6.45, 7) is 5.06. The molecule has 0 aliphatic carbocycles. The molecule has 0 fully saturated rings. The summed E-state index contributed by atoms with van der Waals surface area (Å²) in [6, 6.07) is 8.26. The Kier molecular flexibility index (Phi) is 6.72. The molecule has 0 saturated heterocycles. The van der Waals surface area contributed by atoms with E-state index >= 15 is 0 Å². The summed E-state index contributed by atoms with van der Waals surface area (Å²) in [4.78, 5) is 2.26. The maximum absolute atomic E-state index is 6.02. The first-order valence-electron chi connectivity index (χ1n) is 6.28. The highest BCUT2D eigenvalue weighted by molar-refractivity contribution is 5.54. The van der Waals surface area contributed by atoms with Gasteiger partial charge in [-0.3, -0.25) is 0 Å². The van der Waals surface area contributed by atoms with Crippen LogP contribution in [-0.4, -0.2) is 40.5 Å². The largest absolute Gasteiger partial charge is 0.383 e. The van der Waals surface area contributed by atoms with Crippen molar-refractivity contribution in [2.45, 2.75) is 13.0 Å². The molecule has 0 aliphatic heterocycles. The molecule has 0 bridgehead atoms. The molecule has 0 aromatic heterocycles. The van der Waals surface area contributed by atoms with Crippen LogP contribution in [0.2, 0.25) is 0 Å². The minimum atomic E-state index is 0.0220. The van der Waals surface area contributed by atoms with Crippen LogP contribution in [0.4, 0.5) is 5.69 Å². The highest BCUT2D eigenvalue weighted by atomic mass is 16.5. The highest BCUT2D eigenvalue weighted by Crippen LogP contribution is 2.24. The fraction of sp³-hybridized carbons (Fsp3) is 0.571. The lowest BCUT2D eigenvalue weighted by molar-refractivity contribution is 0.190. The second-order valence-corrected chi connectivity index (χ2v) is 4.32. The molecule has 0 amide bonds. The zero-order chi connectivity index (χ0) is 13.4. The van der Waals surface area contributed by atoms with E-state index in [1.165, 1.54) is 5.69 Å². The second kappa shape index (κ2) is 8.08. The van der Waals surface area contributed by atoms with Gasteiger partial charge in [0, 0.05) is 39.0 Å². The molecule has 1 aromatic carbocycles. The van der Waals surface area contributed by atoms with Crippen LogP contribution in [-0.2, 0) is 9.47 Å². The standard InChI is InChI=1S/C14H24N2O2/c1-12(15)13-6-4-5-7-14(13)16(8-10-17-2)9-11-18-3/h4-7,12H,8-11,15H2,1-3H3/t12-/m0/s1. The van der Waals surface area contributed by atoms with E-state index in [0.717, 1.165) is 18.7 Å². The summed E-state index contributed by atoms with van der Waals surface area (Å²) in [7, 11) is 3.43. The number of hydrogen-bond acceptors (Lipinski definition) is 4. The van der Waals surface area contributed by atoms with Gasteiger partial charge in [0.2, 0.25) is 0 Å². The van der Waals surface area contributed by atoms with Gasteiger partial charge < -0.3 is 20.1 Å². The van der Waals surface area contributed by atoms with E-state index in [9.17, 15) is 0 Å². The molecule has 18 heavy (non-hydrogen) atoms. The lowest BCUT2D eigenvalue weighted by Crippen LogP contribution is -2.32. The first-order chi connectivity index (χ1) is 8.70. The van der Waals surface area contributed by atoms with Crippen molar-refractivity contribution in [2.24, 2.45) is 5.73 Å². The van der Waals surface area contributed by atoms with Gasteiger partial charge >= 0.3 is 0 Å². The van der Waals surface area contributed by atoms with Crippen molar-refractivity contribution in [1.29, 1.82) is 0 Å². The van der Waals surface area contributed by atoms with Crippen LogP contribution in [0, 0.1) is 0 Å². The summed E-state index contributed by atoms with van der Waals surface area (Å²) < 4.78 is 10.3. The number of nitrogens with zero attached hydrogens (tertiary/aromatic N) is 1. The molecule has 0 spiro atoms. The normalized spacial score (nSPS) is 12.4. The predicted octanol–water partition coefficient (Wildman–Crippen LogP) is 1.81. The molecule has 0 unspecified atom stereocenters. The fourth-order valence-corrected chi connectivity index (χ4v) is 1.92. The monoisotopic (exact) mass is 252 g/mol. The second-order valence-electron chi connectivity index (χ2n) is 4.32. The van der Waals surface area contributed by atoms with Gasteiger partial charge in [0.15, 0.2) is 0 Å². The minimum Gasteiger partial charge on any atom is -0.383 e. The first-order valence-corrected chi connectivity index (χ1v) is 6.28. The topological polar surface area (TPSA) is 47.7 Å². The molecule has 1 aromatic rings. The van der Waals surface area contributed by atoms with Crippen molar-refractivity contribution in [3.8, 4) is 0 Å². The lowest BCUT2D eigenvalue weighted by Gasteiger charge is -2.27. The Morgan fingerprint density at radius 3 is 2.17 bits per heavy atom. The van der Waals surface area contributed by atoms with Crippen molar-refractivity contribution >= 4 is 5.69 Å². The van der Waals surface area contributed by atoms with Crippen molar-refractivity contribution in [2.75, 3.05) is 45.4 Å². The van der Waals surface area contributed by atoms with Gasteiger partial charge in [0.05, 0.1) is 13.2 Å². The molecule has 1 atom stereocenters. The Balaban J connectivity index is 2.88. The Morgan fingerprint density at radius 2 is 1.67 bits per heavy atom. The zero-order valence-corrected chi connectivity index (χ0v) is 11.6. The molecule has 1 rings (SSSR count). The van der Waals surface area contributed by atoms with E-state index in [2.05, 4.69) is 17.0 Å². The van der Waals surface area contributed by atoms with E-state index < -0.39 is 0 Å². The minimum absolute atomic E-state index is 0.0220. The SMILES string of the molecule is COCCN(CCOC)c1ccccc1[C@H](C)N. The van der Waals surface area contributed by atoms with Crippen LogP contribution in [0.1, 0.15) is 18.5 Å². The molecule has 4 heteroatoms. The number of para-hydroxylation sites is 1. The third-order valence-electron chi connectivity index (χ3n) is 2.90. The number of hydrogen-bond donors (Lipinski definition) is 1. The molecule has 0 saturated carbocycles. The maximum Gasteiger partial charge on any atom is 0.0637 e. The third-order valence-corrected chi connectivity index (χ3v) is 2.90. The van der Waals surface area contributed by atoms with Crippen LogP contribution in [0.3, 0.4) is 0 Å². The van der Waals surface area contributed by atoms with Crippen molar-refractivity contribution in [3.05, 3.63) is 29.8 Å².